The smallest absolute Gasteiger partial charge is 0.00209 e. The van der Waals surface area contributed by atoms with Gasteiger partial charge in [0.15, 0.2) is 0 Å². The van der Waals surface area contributed by atoms with Gasteiger partial charge in [-0.3, -0.25) is 0 Å². The van der Waals surface area contributed by atoms with Crippen molar-refractivity contribution in [3.05, 3.63) is 35.9 Å². The Kier molecular flexibility index (Phi) is 6.59. The van der Waals surface area contributed by atoms with Crippen LogP contribution in [-0.2, 0) is 6.42 Å². The molecule has 0 aliphatic heterocycles. The molecular weight excluding hydrogens is 242 g/mol. The van der Waals surface area contributed by atoms with Crippen LogP contribution in [0.2, 0.25) is 0 Å². The lowest BCUT2D eigenvalue weighted by Gasteiger charge is -2.36. The molecule has 0 aromatic heterocycles. The van der Waals surface area contributed by atoms with E-state index in [-0.39, 0.29) is 0 Å². The monoisotopic (exact) mass is 273 g/mol. The van der Waals surface area contributed by atoms with Gasteiger partial charge in [-0.15, -0.1) is 0 Å². The molecule has 1 heteroatoms. The third-order valence-electron chi connectivity index (χ3n) is 5.06. The Morgan fingerprint density at radius 1 is 1.05 bits per heavy atom. The van der Waals surface area contributed by atoms with Gasteiger partial charge in [0.25, 0.3) is 0 Å². The second-order valence-corrected chi connectivity index (χ2v) is 6.57. The van der Waals surface area contributed by atoms with E-state index < -0.39 is 0 Å². The van der Waals surface area contributed by atoms with Gasteiger partial charge >= 0.3 is 0 Å². The van der Waals surface area contributed by atoms with Crippen molar-refractivity contribution in [1.29, 1.82) is 0 Å². The van der Waals surface area contributed by atoms with E-state index in [1.165, 1.54) is 57.1 Å². The zero-order valence-electron chi connectivity index (χ0n) is 13.3. The third-order valence-corrected chi connectivity index (χ3v) is 5.06. The van der Waals surface area contributed by atoms with Crippen molar-refractivity contribution < 1.29 is 0 Å². The number of aryl methyl sites for hydroxylation is 1. The molecule has 0 amide bonds. The summed E-state index contributed by atoms with van der Waals surface area (Å²) in [4.78, 5) is 0. The minimum atomic E-state index is 0.900. The molecule has 1 aromatic rings. The summed E-state index contributed by atoms with van der Waals surface area (Å²) < 4.78 is 0. The number of benzene rings is 1. The number of hydrogen-bond acceptors (Lipinski definition) is 1. The average molecular weight is 273 g/mol. The van der Waals surface area contributed by atoms with Crippen LogP contribution in [0.25, 0.3) is 0 Å². The van der Waals surface area contributed by atoms with E-state index in [9.17, 15) is 0 Å². The highest BCUT2D eigenvalue weighted by Crippen LogP contribution is 2.38. The number of nitrogens with one attached hydrogen (secondary N) is 1. The van der Waals surface area contributed by atoms with Crippen LogP contribution in [-0.4, -0.2) is 13.6 Å². The second kappa shape index (κ2) is 8.46. The summed E-state index contributed by atoms with van der Waals surface area (Å²) in [6.07, 6.45) is 9.78. The lowest BCUT2D eigenvalue weighted by molar-refractivity contribution is 0.161. The molecule has 0 radical (unpaired) electrons. The van der Waals surface area contributed by atoms with Crippen LogP contribution in [0.4, 0.5) is 0 Å². The minimum absolute atomic E-state index is 0.900. The van der Waals surface area contributed by atoms with E-state index >= 15 is 0 Å². The first kappa shape index (κ1) is 15.6. The Morgan fingerprint density at radius 3 is 2.55 bits per heavy atom. The van der Waals surface area contributed by atoms with Crippen LogP contribution < -0.4 is 5.32 Å². The summed E-state index contributed by atoms with van der Waals surface area (Å²) in [5.74, 6) is 2.82. The lowest BCUT2D eigenvalue weighted by Crippen LogP contribution is -2.32. The van der Waals surface area contributed by atoms with Gasteiger partial charge in [0.05, 0.1) is 0 Å². The first-order valence-electron chi connectivity index (χ1n) is 8.52. The van der Waals surface area contributed by atoms with Crippen molar-refractivity contribution in [3.8, 4) is 0 Å². The first-order chi connectivity index (χ1) is 9.83. The van der Waals surface area contributed by atoms with Gasteiger partial charge in [-0.1, -0.05) is 56.5 Å². The zero-order valence-corrected chi connectivity index (χ0v) is 13.3. The number of rotatable bonds is 7. The van der Waals surface area contributed by atoms with Crippen molar-refractivity contribution in [2.75, 3.05) is 13.6 Å². The molecular formula is C19H31N. The molecule has 0 heterocycles. The molecule has 20 heavy (non-hydrogen) atoms. The van der Waals surface area contributed by atoms with Crippen LogP contribution >= 0.6 is 0 Å². The predicted octanol–water partition coefficient (Wildman–Crippen LogP) is 4.67. The summed E-state index contributed by atoms with van der Waals surface area (Å²) in [5.41, 5.74) is 1.51. The van der Waals surface area contributed by atoms with E-state index in [4.69, 9.17) is 0 Å². The van der Waals surface area contributed by atoms with Crippen LogP contribution in [0.5, 0.6) is 0 Å². The molecule has 1 N–H and O–H groups in total. The van der Waals surface area contributed by atoms with E-state index in [1.54, 1.807) is 0 Å². The van der Waals surface area contributed by atoms with Gasteiger partial charge in [0, 0.05) is 0 Å². The van der Waals surface area contributed by atoms with Crippen LogP contribution in [0.15, 0.2) is 30.3 Å². The molecule has 1 fully saturated rings. The maximum atomic E-state index is 3.41. The van der Waals surface area contributed by atoms with Crippen LogP contribution in [0, 0.1) is 17.8 Å². The summed E-state index contributed by atoms with van der Waals surface area (Å²) in [6, 6.07) is 11.0. The van der Waals surface area contributed by atoms with Crippen molar-refractivity contribution >= 4 is 0 Å². The summed E-state index contributed by atoms with van der Waals surface area (Å²) in [7, 11) is 2.10. The minimum Gasteiger partial charge on any atom is -0.319 e. The Hall–Kier alpha value is -0.820. The fraction of sp³-hybridized carbons (Fsp3) is 0.684. The number of hydrogen-bond donors (Lipinski definition) is 1. The Labute approximate surface area is 125 Å². The van der Waals surface area contributed by atoms with Crippen molar-refractivity contribution in [1.82, 2.24) is 5.32 Å². The molecule has 1 aliphatic rings. The Bertz CT molecular complexity index is 359. The predicted molar refractivity (Wildman–Crippen MR) is 87.9 cm³/mol. The molecule has 0 spiro atoms. The highest BCUT2D eigenvalue weighted by atomic mass is 14.8. The highest BCUT2D eigenvalue weighted by molar-refractivity contribution is 5.14. The summed E-state index contributed by atoms with van der Waals surface area (Å²) in [6.45, 7) is 3.54. The fourth-order valence-corrected chi connectivity index (χ4v) is 3.98. The maximum Gasteiger partial charge on any atom is -0.00209 e. The Morgan fingerprint density at radius 2 is 1.85 bits per heavy atom. The van der Waals surface area contributed by atoms with Crippen molar-refractivity contribution in [3.63, 3.8) is 0 Å². The lowest BCUT2D eigenvalue weighted by atomic mass is 9.71. The molecule has 1 aliphatic carbocycles. The average Bonchev–Trinajstić information content (AvgIpc) is 2.49. The van der Waals surface area contributed by atoms with Crippen LogP contribution in [0.3, 0.4) is 0 Å². The largest absolute Gasteiger partial charge is 0.319 e. The Balaban J connectivity index is 1.89. The maximum absolute atomic E-state index is 3.41. The molecule has 3 unspecified atom stereocenters. The second-order valence-electron chi connectivity index (χ2n) is 6.57. The van der Waals surface area contributed by atoms with Crippen LogP contribution in [0.1, 0.15) is 51.0 Å². The topological polar surface area (TPSA) is 12.0 Å². The molecule has 1 nitrogen and oxygen atoms in total. The summed E-state index contributed by atoms with van der Waals surface area (Å²) in [5, 5.41) is 3.41. The first-order valence-corrected chi connectivity index (χ1v) is 8.52. The molecule has 2 rings (SSSR count). The van der Waals surface area contributed by atoms with Gasteiger partial charge in [-0.25, -0.2) is 0 Å². The third kappa shape index (κ3) is 4.63. The molecule has 1 aromatic carbocycles. The fourth-order valence-electron chi connectivity index (χ4n) is 3.98. The molecule has 1 saturated carbocycles. The molecule has 0 saturated heterocycles. The van der Waals surface area contributed by atoms with Crippen molar-refractivity contribution in [2.45, 2.75) is 51.9 Å². The van der Waals surface area contributed by atoms with E-state index in [2.05, 4.69) is 49.6 Å². The highest BCUT2D eigenvalue weighted by Gasteiger charge is 2.29. The van der Waals surface area contributed by atoms with E-state index in [0.717, 1.165) is 17.8 Å². The van der Waals surface area contributed by atoms with Crippen molar-refractivity contribution in [2.24, 2.45) is 17.8 Å². The zero-order chi connectivity index (χ0) is 14.2. The standard InChI is InChI=1S/C19H31N/c1-3-7-17-11-13-19(15-20-2)18(14-17)12-10-16-8-5-4-6-9-16/h4-6,8-9,17-20H,3,7,10-15H2,1-2H3. The normalized spacial score (nSPS) is 26.6. The SMILES string of the molecule is CCCC1CCC(CNC)C(CCc2ccccc2)C1. The van der Waals surface area contributed by atoms with Gasteiger partial charge in [0.1, 0.15) is 0 Å². The van der Waals surface area contributed by atoms with E-state index in [0.29, 0.717) is 0 Å². The molecule has 112 valence electrons. The van der Waals surface area contributed by atoms with Gasteiger partial charge < -0.3 is 5.32 Å². The quantitative estimate of drug-likeness (QED) is 0.761. The van der Waals surface area contributed by atoms with Gasteiger partial charge in [-0.2, -0.15) is 0 Å². The van der Waals surface area contributed by atoms with E-state index in [1.807, 2.05) is 0 Å². The van der Waals surface area contributed by atoms with Gasteiger partial charge in [-0.05, 0) is 62.6 Å². The van der Waals surface area contributed by atoms with Gasteiger partial charge in [0.2, 0.25) is 0 Å². The molecule has 3 atom stereocenters. The molecule has 0 bridgehead atoms. The summed E-state index contributed by atoms with van der Waals surface area (Å²) >= 11 is 0.